The van der Waals surface area contributed by atoms with Gasteiger partial charge in [-0.15, -0.1) is 0 Å². The number of nitrogens with one attached hydrogen (secondary N) is 1. The van der Waals surface area contributed by atoms with E-state index in [-0.39, 0.29) is 25.3 Å². The minimum atomic E-state index is -3.32. The normalized spacial score (nSPS) is 16.4. The molecular weight excluding hydrogens is 376 g/mol. The summed E-state index contributed by atoms with van der Waals surface area (Å²) in [6.45, 7) is 9.58. The minimum Gasteiger partial charge on any atom is -0.364 e. The molecule has 0 bridgehead atoms. The first kappa shape index (κ1) is 18.2. The Hall–Kier alpha value is -3.14. The fourth-order valence-corrected chi connectivity index (χ4v) is 5.00. The summed E-state index contributed by atoms with van der Waals surface area (Å²) in [5.74, 6) is 0.407. The van der Waals surface area contributed by atoms with E-state index in [0.29, 0.717) is 5.82 Å². The highest BCUT2D eigenvalue weighted by Gasteiger charge is 2.52. The predicted octanol–water partition coefficient (Wildman–Crippen LogP) is 2.86. The summed E-state index contributed by atoms with van der Waals surface area (Å²) in [7, 11) is -3.32. The van der Waals surface area contributed by atoms with Crippen molar-refractivity contribution in [3.05, 3.63) is 48.2 Å². The molecule has 9 heteroatoms. The van der Waals surface area contributed by atoms with Crippen LogP contribution in [0.1, 0.15) is 13.3 Å². The van der Waals surface area contributed by atoms with Gasteiger partial charge in [0.2, 0.25) is 15.8 Å². The molecule has 0 saturated carbocycles. The van der Waals surface area contributed by atoms with Crippen LogP contribution in [0.2, 0.25) is 0 Å². The Kier molecular flexibility index (Phi) is 4.22. The number of H-pyrrole nitrogens is 1. The number of sulfonamides is 1. The number of nitriles is 1. The number of pyridine rings is 1. The number of aromatic nitrogens is 3. The summed E-state index contributed by atoms with van der Waals surface area (Å²) >= 11 is 0. The molecule has 142 valence electrons. The number of hydrogen-bond acceptors (Lipinski definition) is 4. The number of fused-ring (bicyclic) bond motifs is 1. The van der Waals surface area contributed by atoms with Gasteiger partial charge in [-0.3, -0.25) is 4.57 Å². The van der Waals surface area contributed by atoms with E-state index in [0.717, 1.165) is 22.2 Å². The van der Waals surface area contributed by atoms with Crippen LogP contribution < -0.4 is 0 Å². The SMILES string of the molecule is [C-]#[N+]c1cc(-c2ccnc3[nH]ccc23)cn1C1(CC#N)CN(S(=O)(=O)CC)C1. The van der Waals surface area contributed by atoms with Crippen LogP contribution in [0, 0.1) is 17.9 Å². The van der Waals surface area contributed by atoms with Crippen LogP contribution in [0.5, 0.6) is 0 Å². The molecule has 3 aromatic rings. The first-order valence-corrected chi connectivity index (χ1v) is 10.4. The minimum absolute atomic E-state index is 0.0186. The van der Waals surface area contributed by atoms with E-state index >= 15 is 0 Å². The van der Waals surface area contributed by atoms with E-state index in [1.165, 1.54) is 4.31 Å². The standard InChI is InChI=1S/C19H18N6O2S/c1-3-28(26,27)24-12-19(13-24,6-7-20)25-11-14(10-17(25)21-2)15-4-8-22-18-16(15)5-9-23-18/h4-5,8-11H,3,6,12-13H2,1H3,(H,22,23). The van der Waals surface area contributed by atoms with Gasteiger partial charge in [0.05, 0.1) is 37.5 Å². The first-order chi connectivity index (χ1) is 13.4. The number of hydrogen-bond donors (Lipinski definition) is 1. The highest BCUT2D eigenvalue weighted by atomic mass is 32.2. The molecule has 0 spiro atoms. The van der Waals surface area contributed by atoms with E-state index in [9.17, 15) is 13.7 Å². The predicted molar refractivity (Wildman–Crippen MR) is 105 cm³/mol. The van der Waals surface area contributed by atoms with Crippen molar-refractivity contribution in [2.75, 3.05) is 18.8 Å². The number of aromatic amines is 1. The molecule has 0 atom stereocenters. The molecule has 3 aromatic heterocycles. The van der Waals surface area contributed by atoms with Crippen molar-refractivity contribution in [1.82, 2.24) is 18.8 Å². The number of rotatable bonds is 5. The highest BCUT2D eigenvalue weighted by molar-refractivity contribution is 7.89. The summed E-state index contributed by atoms with van der Waals surface area (Å²) in [4.78, 5) is 11.0. The van der Waals surface area contributed by atoms with Crippen molar-refractivity contribution in [3.8, 4) is 17.2 Å². The Morgan fingerprint density at radius 3 is 2.89 bits per heavy atom. The number of nitrogens with zero attached hydrogens (tertiary/aromatic N) is 5. The van der Waals surface area contributed by atoms with Crippen molar-refractivity contribution in [2.45, 2.75) is 18.9 Å². The molecule has 1 saturated heterocycles. The molecule has 0 aliphatic carbocycles. The lowest BCUT2D eigenvalue weighted by atomic mass is 9.88. The topological polar surface area (TPSA) is 99.1 Å². The monoisotopic (exact) mass is 394 g/mol. The molecule has 4 rings (SSSR count). The summed E-state index contributed by atoms with van der Waals surface area (Å²) in [6.07, 6.45) is 5.50. The zero-order chi connectivity index (χ0) is 19.9. The van der Waals surface area contributed by atoms with Crippen LogP contribution in [-0.4, -0.2) is 46.1 Å². The Bertz CT molecular complexity index is 1240. The van der Waals surface area contributed by atoms with Gasteiger partial charge in [0, 0.05) is 23.3 Å². The Morgan fingerprint density at radius 2 is 2.21 bits per heavy atom. The van der Waals surface area contributed by atoms with Crippen LogP contribution in [-0.2, 0) is 15.6 Å². The average Bonchev–Trinajstić information content (AvgIpc) is 3.30. The molecular formula is C19H18N6O2S. The molecule has 28 heavy (non-hydrogen) atoms. The van der Waals surface area contributed by atoms with Crippen LogP contribution in [0.15, 0.2) is 36.8 Å². The van der Waals surface area contributed by atoms with E-state index in [4.69, 9.17) is 6.57 Å². The maximum Gasteiger partial charge on any atom is 0.231 e. The lowest BCUT2D eigenvalue weighted by Crippen LogP contribution is -2.63. The molecule has 0 unspecified atom stereocenters. The second-order valence-corrected chi connectivity index (χ2v) is 9.15. The summed E-state index contributed by atoms with van der Waals surface area (Å²) in [5, 5.41) is 10.3. The van der Waals surface area contributed by atoms with Crippen molar-refractivity contribution in [1.29, 1.82) is 5.26 Å². The molecule has 4 heterocycles. The molecule has 1 aliphatic rings. The smallest absolute Gasteiger partial charge is 0.231 e. The quantitative estimate of drug-likeness (QED) is 0.673. The van der Waals surface area contributed by atoms with E-state index in [1.54, 1.807) is 23.8 Å². The van der Waals surface area contributed by atoms with Gasteiger partial charge in [-0.05, 0) is 30.7 Å². The summed E-state index contributed by atoms with van der Waals surface area (Å²) in [6, 6.07) is 7.76. The van der Waals surface area contributed by atoms with E-state index < -0.39 is 15.6 Å². The van der Waals surface area contributed by atoms with Gasteiger partial charge in [-0.2, -0.15) is 9.57 Å². The zero-order valence-electron chi connectivity index (χ0n) is 15.3. The van der Waals surface area contributed by atoms with Gasteiger partial charge in [0.1, 0.15) is 11.2 Å². The average molecular weight is 394 g/mol. The van der Waals surface area contributed by atoms with Crippen LogP contribution in [0.4, 0.5) is 5.82 Å². The maximum absolute atomic E-state index is 12.2. The van der Waals surface area contributed by atoms with E-state index in [1.807, 2.05) is 24.5 Å². The second-order valence-electron chi connectivity index (χ2n) is 6.90. The van der Waals surface area contributed by atoms with Crippen molar-refractivity contribution in [3.63, 3.8) is 0 Å². The van der Waals surface area contributed by atoms with Gasteiger partial charge in [-0.1, -0.05) is 6.57 Å². The van der Waals surface area contributed by atoms with Gasteiger partial charge >= 0.3 is 0 Å². The van der Waals surface area contributed by atoms with Gasteiger partial charge in [-0.25, -0.2) is 13.4 Å². The molecule has 1 N–H and O–H groups in total. The third-order valence-electron chi connectivity index (χ3n) is 5.30. The lowest BCUT2D eigenvalue weighted by molar-refractivity contribution is 0.0875. The zero-order valence-corrected chi connectivity index (χ0v) is 16.1. The molecule has 1 fully saturated rings. The molecule has 1 aliphatic heterocycles. The third-order valence-corrected chi connectivity index (χ3v) is 7.08. The largest absolute Gasteiger partial charge is 0.364 e. The third kappa shape index (κ3) is 2.68. The lowest BCUT2D eigenvalue weighted by Gasteiger charge is -2.46. The van der Waals surface area contributed by atoms with Crippen molar-refractivity contribution >= 4 is 26.9 Å². The van der Waals surface area contributed by atoms with Crippen molar-refractivity contribution in [2.24, 2.45) is 0 Å². The van der Waals surface area contributed by atoms with Gasteiger partial charge in [0.15, 0.2) is 0 Å². The molecule has 0 aromatic carbocycles. The van der Waals surface area contributed by atoms with Crippen molar-refractivity contribution < 1.29 is 8.42 Å². The first-order valence-electron chi connectivity index (χ1n) is 8.82. The van der Waals surface area contributed by atoms with Gasteiger partial charge < -0.3 is 9.83 Å². The molecule has 8 nitrogen and oxygen atoms in total. The van der Waals surface area contributed by atoms with Crippen LogP contribution >= 0.6 is 0 Å². The Morgan fingerprint density at radius 1 is 1.43 bits per heavy atom. The van der Waals surface area contributed by atoms with Crippen LogP contribution in [0.25, 0.3) is 27.0 Å². The molecule has 0 amide bonds. The highest BCUT2D eigenvalue weighted by Crippen LogP contribution is 2.41. The second kappa shape index (κ2) is 6.48. The van der Waals surface area contributed by atoms with E-state index in [2.05, 4.69) is 20.9 Å². The Balaban J connectivity index is 1.79. The fourth-order valence-electron chi connectivity index (χ4n) is 3.76. The Labute approximate surface area is 162 Å². The summed E-state index contributed by atoms with van der Waals surface area (Å²) in [5.41, 5.74) is 1.80. The fraction of sp³-hybridized carbons (Fsp3) is 0.316. The molecule has 0 radical (unpaired) electrons. The summed E-state index contributed by atoms with van der Waals surface area (Å²) < 4.78 is 27.5. The van der Waals surface area contributed by atoms with Crippen LogP contribution in [0.3, 0.4) is 0 Å². The van der Waals surface area contributed by atoms with Gasteiger partial charge in [0.25, 0.3) is 0 Å². The maximum atomic E-state index is 12.2.